The van der Waals surface area contributed by atoms with Gasteiger partial charge in [0.2, 0.25) is 0 Å². The molecule has 4 heterocycles. The SMILES string of the molecule is O=S(c1ccccc1)C1OC12CC[C@H]1c3[nH]c4ccccc4c3C[C@@H]2N1Cc1ccccc1. The Balaban J connectivity index is 1.30. The fourth-order valence-corrected chi connectivity index (χ4v) is 7.78. The first-order valence-electron chi connectivity index (χ1n) is 11.8. The fourth-order valence-electron chi connectivity index (χ4n) is 6.21. The van der Waals surface area contributed by atoms with Crippen molar-refractivity contribution in [2.45, 2.75) is 53.8 Å². The van der Waals surface area contributed by atoms with Crippen LogP contribution < -0.4 is 0 Å². The minimum absolute atomic E-state index is 0.209. The molecule has 4 nitrogen and oxygen atoms in total. The third-order valence-corrected chi connectivity index (χ3v) is 9.42. The molecule has 2 bridgehead atoms. The van der Waals surface area contributed by atoms with Gasteiger partial charge in [0.15, 0.2) is 5.44 Å². The summed E-state index contributed by atoms with van der Waals surface area (Å²) in [5.41, 5.74) is 4.72. The number of nitrogens with one attached hydrogen (secondary N) is 1. The van der Waals surface area contributed by atoms with E-state index in [9.17, 15) is 4.21 Å². The zero-order valence-corrected chi connectivity index (χ0v) is 19.1. The van der Waals surface area contributed by atoms with Crippen molar-refractivity contribution in [1.29, 1.82) is 0 Å². The Morgan fingerprint density at radius 1 is 0.970 bits per heavy atom. The molecule has 166 valence electrons. The molecule has 5 atom stereocenters. The highest BCUT2D eigenvalue weighted by molar-refractivity contribution is 7.85. The summed E-state index contributed by atoms with van der Waals surface area (Å²) < 4.78 is 19.9. The molecule has 3 aromatic carbocycles. The Bertz CT molecular complexity index is 1350. The zero-order chi connectivity index (χ0) is 22.0. The largest absolute Gasteiger partial charge is 0.357 e. The maximum absolute atomic E-state index is 13.5. The van der Waals surface area contributed by atoms with E-state index in [-0.39, 0.29) is 17.1 Å². The summed E-state index contributed by atoms with van der Waals surface area (Å²) in [7, 11) is -1.16. The minimum atomic E-state index is -1.16. The summed E-state index contributed by atoms with van der Waals surface area (Å²) in [6, 6.07) is 29.7. The number of benzene rings is 3. The molecule has 4 aromatic rings. The molecule has 7 rings (SSSR count). The molecule has 0 saturated carbocycles. The van der Waals surface area contributed by atoms with Crippen molar-refractivity contribution in [3.63, 3.8) is 0 Å². The summed E-state index contributed by atoms with van der Waals surface area (Å²) in [5.74, 6) is 0. The third-order valence-electron chi connectivity index (χ3n) is 7.80. The van der Waals surface area contributed by atoms with E-state index >= 15 is 0 Å². The van der Waals surface area contributed by atoms with Crippen LogP contribution in [0.4, 0.5) is 0 Å². The van der Waals surface area contributed by atoms with Crippen LogP contribution in [0.2, 0.25) is 0 Å². The zero-order valence-electron chi connectivity index (χ0n) is 18.3. The van der Waals surface area contributed by atoms with Crippen LogP contribution in [0, 0.1) is 0 Å². The molecule has 3 unspecified atom stereocenters. The predicted molar refractivity (Wildman–Crippen MR) is 130 cm³/mol. The molecule has 33 heavy (non-hydrogen) atoms. The maximum atomic E-state index is 13.5. The van der Waals surface area contributed by atoms with Gasteiger partial charge in [0, 0.05) is 34.1 Å². The molecule has 2 fully saturated rings. The van der Waals surface area contributed by atoms with Gasteiger partial charge in [0.25, 0.3) is 0 Å². The average molecular weight is 455 g/mol. The number of nitrogens with zero attached hydrogens (tertiary/aromatic N) is 1. The minimum Gasteiger partial charge on any atom is -0.357 e. The van der Waals surface area contributed by atoms with Gasteiger partial charge < -0.3 is 9.72 Å². The summed E-state index contributed by atoms with van der Waals surface area (Å²) in [4.78, 5) is 7.24. The first kappa shape index (κ1) is 19.7. The molecule has 2 saturated heterocycles. The Labute approximate surface area is 196 Å². The van der Waals surface area contributed by atoms with Gasteiger partial charge in [-0.05, 0) is 48.6 Å². The summed E-state index contributed by atoms with van der Waals surface area (Å²) >= 11 is 0. The van der Waals surface area contributed by atoms with E-state index in [0.717, 1.165) is 30.7 Å². The van der Waals surface area contributed by atoms with Crippen LogP contribution in [-0.4, -0.2) is 31.2 Å². The van der Waals surface area contributed by atoms with Crippen molar-refractivity contribution < 1.29 is 8.95 Å². The normalized spacial score (nSPS) is 29.2. The number of hydrogen-bond donors (Lipinski definition) is 1. The lowest BCUT2D eigenvalue weighted by Crippen LogP contribution is -2.56. The average Bonchev–Trinajstić information content (AvgIpc) is 3.47. The van der Waals surface area contributed by atoms with Crippen LogP contribution in [-0.2, 0) is 28.5 Å². The van der Waals surface area contributed by atoms with Crippen molar-refractivity contribution in [3.05, 3.63) is 102 Å². The molecule has 0 aliphatic carbocycles. The van der Waals surface area contributed by atoms with Crippen molar-refractivity contribution in [3.8, 4) is 0 Å². The molecule has 0 radical (unpaired) electrons. The number of hydrogen-bond acceptors (Lipinski definition) is 3. The molecule has 1 aromatic heterocycles. The van der Waals surface area contributed by atoms with Gasteiger partial charge in [-0.25, -0.2) is 0 Å². The number of piperidine rings is 1. The highest BCUT2D eigenvalue weighted by Gasteiger charge is 2.68. The lowest BCUT2D eigenvalue weighted by atomic mass is 9.76. The molecular formula is C28H26N2O2S. The molecule has 3 aliphatic heterocycles. The smallest absolute Gasteiger partial charge is 0.168 e. The standard InChI is InChI=1S/C28H26N2O2S/c31-33(20-11-5-2-6-12-20)27-28(32-27)16-15-24-26-22(21-13-7-8-14-23(21)29-26)17-25(28)30(24)18-19-9-3-1-4-10-19/h1-14,24-25,27,29H,15-18H2/t24-,25-,27?,28?,33?/m0/s1. The van der Waals surface area contributed by atoms with Crippen molar-refractivity contribution in [1.82, 2.24) is 9.88 Å². The monoisotopic (exact) mass is 454 g/mol. The quantitative estimate of drug-likeness (QED) is 0.424. The van der Waals surface area contributed by atoms with Gasteiger partial charge in [-0.2, -0.15) is 0 Å². The maximum Gasteiger partial charge on any atom is 0.168 e. The number of epoxide rings is 1. The Morgan fingerprint density at radius 3 is 2.52 bits per heavy atom. The topological polar surface area (TPSA) is 48.6 Å². The lowest BCUT2D eigenvalue weighted by Gasteiger charge is -2.49. The summed E-state index contributed by atoms with van der Waals surface area (Å²) in [6.45, 7) is 0.876. The number of H-pyrrole nitrogens is 1. The number of aromatic nitrogens is 1. The van der Waals surface area contributed by atoms with Gasteiger partial charge in [-0.15, -0.1) is 0 Å². The van der Waals surface area contributed by atoms with E-state index in [2.05, 4.69) is 64.5 Å². The van der Waals surface area contributed by atoms with E-state index < -0.39 is 10.8 Å². The molecule has 5 heteroatoms. The van der Waals surface area contributed by atoms with Crippen LogP contribution in [0.1, 0.15) is 35.7 Å². The Morgan fingerprint density at radius 2 is 1.70 bits per heavy atom. The van der Waals surface area contributed by atoms with Crippen LogP contribution >= 0.6 is 0 Å². The summed E-state index contributed by atoms with van der Waals surface area (Å²) in [6.07, 6.45) is 2.88. The number of aromatic amines is 1. The number of ether oxygens (including phenoxy) is 1. The molecular weight excluding hydrogens is 428 g/mol. The van der Waals surface area contributed by atoms with Crippen molar-refractivity contribution >= 4 is 21.7 Å². The van der Waals surface area contributed by atoms with Gasteiger partial charge in [0.05, 0.1) is 16.8 Å². The van der Waals surface area contributed by atoms with E-state index in [4.69, 9.17) is 4.74 Å². The van der Waals surface area contributed by atoms with E-state index in [1.165, 1.54) is 27.7 Å². The van der Waals surface area contributed by atoms with Crippen LogP contribution in [0.3, 0.4) is 0 Å². The highest BCUT2D eigenvalue weighted by atomic mass is 32.2. The second-order valence-corrected chi connectivity index (χ2v) is 11.0. The number of rotatable bonds is 4. The number of fused-ring (bicyclic) bond motifs is 7. The van der Waals surface area contributed by atoms with Crippen molar-refractivity contribution in [2.24, 2.45) is 0 Å². The first-order valence-corrected chi connectivity index (χ1v) is 13.0. The first-order chi connectivity index (χ1) is 16.2. The van der Waals surface area contributed by atoms with Crippen LogP contribution in [0.15, 0.2) is 89.8 Å². The highest BCUT2D eigenvalue weighted by Crippen LogP contribution is 2.58. The second-order valence-electron chi connectivity index (χ2n) is 9.51. The van der Waals surface area contributed by atoms with Gasteiger partial charge >= 0.3 is 0 Å². The van der Waals surface area contributed by atoms with Gasteiger partial charge in [-0.1, -0.05) is 66.7 Å². The number of para-hydroxylation sites is 1. The van der Waals surface area contributed by atoms with Crippen LogP contribution in [0.25, 0.3) is 10.9 Å². The van der Waals surface area contributed by atoms with E-state index in [0.29, 0.717) is 6.04 Å². The predicted octanol–water partition coefficient (Wildman–Crippen LogP) is 5.33. The molecule has 3 aliphatic rings. The molecule has 1 N–H and O–H groups in total. The summed E-state index contributed by atoms with van der Waals surface area (Å²) in [5, 5.41) is 1.32. The molecule has 1 spiro atoms. The van der Waals surface area contributed by atoms with Gasteiger partial charge in [-0.3, -0.25) is 9.11 Å². The molecule has 0 amide bonds. The van der Waals surface area contributed by atoms with Gasteiger partial charge in [0.1, 0.15) is 5.60 Å². The van der Waals surface area contributed by atoms with Crippen molar-refractivity contribution in [2.75, 3.05) is 0 Å². The van der Waals surface area contributed by atoms with E-state index in [1.54, 1.807) is 0 Å². The fraction of sp³-hybridized carbons (Fsp3) is 0.286. The Hall–Kier alpha value is -2.73. The van der Waals surface area contributed by atoms with Crippen LogP contribution in [0.5, 0.6) is 0 Å². The van der Waals surface area contributed by atoms with E-state index in [1.807, 2.05) is 30.3 Å². The third kappa shape index (κ3) is 2.99. The second kappa shape index (κ2) is 7.39. The lowest BCUT2D eigenvalue weighted by molar-refractivity contribution is -0.00120. The Kier molecular flexibility index (Phi) is 4.41.